The number of aliphatic carboxylic acids is 1. The Balaban J connectivity index is 3.04. The highest BCUT2D eigenvalue weighted by Crippen LogP contribution is 2.28. The lowest BCUT2D eigenvalue weighted by Crippen LogP contribution is -2.33. The molecule has 12 heavy (non-hydrogen) atoms. The first-order chi connectivity index (χ1) is 5.61. The van der Waals surface area contributed by atoms with Gasteiger partial charge in [0.25, 0.3) is 0 Å². The number of methoxy groups -OCH3 is 1. The first-order valence-corrected chi connectivity index (χ1v) is 4.31. The van der Waals surface area contributed by atoms with Gasteiger partial charge >= 0.3 is 5.97 Å². The number of thiophene rings is 1. The monoisotopic (exact) mass is 186 g/mol. The summed E-state index contributed by atoms with van der Waals surface area (Å²) in [6.45, 7) is 1.54. The van der Waals surface area contributed by atoms with Crippen molar-refractivity contribution >= 4 is 17.3 Å². The quantitative estimate of drug-likeness (QED) is 0.781. The van der Waals surface area contributed by atoms with Crippen molar-refractivity contribution in [3.63, 3.8) is 0 Å². The van der Waals surface area contributed by atoms with Gasteiger partial charge in [0.2, 0.25) is 0 Å². The largest absolute Gasteiger partial charge is 0.479 e. The first kappa shape index (κ1) is 9.22. The summed E-state index contributed by atoms with van der Waals surface area (Å²) in [5.41, 5.74) is -1.20. The fraction of sp³-hybridized carbons (Fsp3) is 0.375. The van der Waals surface area contributed by atoms with E-state index >= 15 is 0 Å². The molecule has 0 aliphatic carbocycles. The average molecular weight is 186 g/mol. The van der Waals surface area contributed by atoms with Crippen molar-refractivity contribution in [1.82, 2.24) is 0 Å². The summed E-state index contributed by atoms with van der Waals surface area (Å²) >= 11 is 1.38. The van der Waals surface area contributed by atoms with E-state index in [0.29, 0.717) is 4.88 Å². The predicted octanol–water partition coefficient (Wildman–Crippen LogP) is 1.69. The molecule has 0 spiro atoms. The smallest absolute Gasteiger partial charge is 0.341 e. The summed E-state index contributed by atoms with van der Waals surface area (Å²) < 4.78 is 4.95. The standard InChI is InChI=1S/C8H10O3S/c1-8(11-2,7(9)10)6-4-3-5-12-6/h3-5H,1-2H3,(H,9,10). The van der Waals surface area contributed by atoms with Crippen molar-refractivity contribution in [2.45, 2.75) is 12.5 Å². The summed E-state index contributed by atoms with van der Waals surface area (Å²) in [4.78, 5) is 11.5. The minimum Gasteiger partial charge on any atom is -0.479 e. The van der Waals surface area contributed by atoms with Gasteiger partial charge in [0.15, 0.2) is 5.60 Å². The van der Waals surface area contributed by atoms with Gasteiger partial charge in [-0.2, -0.15) is 0 Å². The van der Waals surface area contributed by atoms with E-state index in [1.807, 2.05) is 5.38 Å². The Morgan fingerprint density at radius 2 is 2.42 bits per heavy atom. The fourth-order valence-corrected chi connectivity index (χ4v) is 1.70. The zero-order valence-corrected chi connectivity index (χ0v) is 7.72. The van der Waals surface area contributed by atoms with Crippen LogP contribution in [0.15, 0.2) is 17.5 Å². The molecule has 1 unspecified atom stereocenters. The van der Waals surface area contributed by atoms with Crippen molar-refractivity contribution in [3.8, 4) is 0 Å². The third kappa shape index (κ3) is 1.35. The van der Waals surface area contributed by atoms with Crippen molar-refractivity contribution in [2.24, 2.45) is 0 Å². The van der Waals surface area contributed by atoms with Gasteiger partial charge in [0.05, 0.1) is 0 Å². The molecule has 1 aromatic heterocycles. The van der Waals surface area contributed by atoms with Crippen LogP contribution in [0, 0.1) is 0 Å². The molecule has 0 amide bonds. The van der Waals surface area contributed by atoms with E-state index in [-0.39, 0.29) is 0 Å². The second kappa shape index (κ2) is 3.25. The maximum Gasteiger partial charge on any atom is 0.341 e. The molecule has 1 heterocycles. The molecule has 3 nitrogen and oxygen atoms in total. The van der Waals surface area contributed by atoms with E-state index in [0.717, 1.165) is 0 Å². The van der Waals surface area contributed by atoms with Crippen LogP contribution < -0.4 is 0 Å². The van der Waals surface area contributed by atoms with Gasteiger partial charge in [-0.05, 0) is 18.4 Å². The number of carbonyl (C=O) groups is 1. The maximum absolute atomic E-state index is 10.8. The molecule has 0 aliphatic rings. The van der Waals surface area contributed by atoms with Crippen LogP contribution in [-0.2, 0) is 15.1 Å². The van der Waals surface area contributed by atoms with Crippen LogP contribution >= 0.6 is 11.3 Å². The molecule has 0 aromatic carbocycles. The second-order valence-electron chi connectivity index (χ2n) is 2.52. The van der Waals surface area contributed by atoms with E-state index in [1.165, 1.54) is 18.4 Å². The Morgan fingerprint density at radius 1 is 1.75 bits per heavy atom. The number of ether oxygens (including phenoxy) is 1. The summed E-state index contributed by atoms with van der Waals surface area (Å²) in [7, 11) is 1.40. The van der Waals surface area contributed by atoms with Gasteiger partial charge in [0, 0.05) is 12.0 Å². The van der Waals surface area contributed by atoms with Crippen molar-refractivity contribution in [1.29, 1.82) is 0 Å². The van der Waals surface area contributed by atoms with Gasteiger partial charge in [-0.1, -0.05) is 6.07 Å². The lowest BCUT2D eigenvalue weighted by molar-refractivity contribution is -0.160. The molecule has 1 aromatic rings. The minimum atomic E-state index is -1.20. The Hall–Kier alpha value is -0.870. The SMILES string of the molecule is COC(C)(C(=O)O)c1cccs1. The lowest BCUT2D eigenvalue weighted by Gasteiger charge is -2.21. The highest BCUT2D eigenvalue weighted by Gasteiger charge is 2.35. The molecule has 0 aliphatic heterocycles. The number of carboxylic acid groups (broad SMARTS) is 1. The summed E-state index contributed by atoms with van der Waals surface area (Å²) in [5, 5.41) is 10.7. The highest BCUT2D eigenvalue weighted by atomic mass is 32.1. The van der Waals surface area contributed by atoms with Gasteiger partial charge < -0.3 is 9.84 Å². The highest BCUT2D eigenvalue weighted by molar-refractivity contribution is 7.10. The molecule has 0 saturated carbocycles. The number of carboxylic acids is 1. The molecular formula is C8H10O3S. The average Bonchev–Trinajstić information content (AvgIpc) is 2.54. The molecule has 0 bridgehead atoms. The van der Waals surface area contributed by atoms with E-state index in [4.69, 9.17) is 9.84 Å². The third-order valence-corrected chi connectivity index (χ3v) is 2.88. The Morgan fingerprint density at radius 3 is 2.75 bits per heavy atom. The van der Waals surface area contributed by atoms with Crippen molar-refractivity contribution < 1.29 is 14.6 Å². The van der Waals surface area contributed by atoms with Gasteiger partial charge in [-0.3, -0.25) is 0 Å². The first-order valence-electron chi connectivity index (χ1n) is 3.44. The number of hydrogen-bond acceptors (Lipinski definition) is 3. The van der Waals surface area contributed by atoms with Crippen LogP contribution in [0.4, 0.5) is 0 Å². The van der Waals surface area contributed by atoms with Crippen LogP contribution in [0.2, 0.25) is 0 Å². The Labute approximate surface area is 74.6 Å². The Bertz CT molecular complexity index is 268. The number of hydrogen-bond donors (Lipinski definition) is 1. The van der Waals surface area contributed by atoms with Crippen molar-refractivity contribution in [2.75, 3.05) is 7.11 Å². The molecule has 4 heteroatoms. The molecule has 0 fully saturated rings. The lowest BCUT2D eigenvalue weighted by atomic mass is 10.1. The Kier molecular flexibility index (Phi) is 2.49. The zero-order valence-electron chi connectivity index (χ0n) is 6.90. The predicted molar refractivity (Wildman–Crippen MR) is 46.3 cm³/mol. The molecular weight excluding hydrogens is 176 g/mol. The maximum atomic E-state index is 10.8. The topological polar surface area (TPSA) is 46.5 Å². The molecule has 0 radical (unpaired) electrons. The zero-order chi connectivity index (χ0) is 9.19. The van der Waals surface area contributed by atoms with E-state index in [2.05, 4.69) is 0 Å². The van der Waals surface area contributed by atoms with E-state index < -0.39 is 11.6 Å². The van der Waals surface area contributed by atoms with Crippen molar-refractivity contribution in [3.05, 3.63) is 22.4 Å². The summed E-state index contributed by atoms with van der Waals surface area (Å²) in [6, 6.07) is 3.56. The molecule has 1 atom stereocenters. The number of rotatable bonds is 3. The summed E-state index contributed by atoms with van der Waals surface area (Å²) in [6.07, 6.45) is 0. The van der Waals surface area contributed by atoms with Crippen LogP contribution in [0.3, 0.4) is 0 Å². The normalized spacial score (nSPS) is 15.5. The van der Waals surface area contributed by atoms with Crippen LogP contribution in [0.1, 0.15) is 11.8 Å². The second-order valence-corrected chi connectivity index (χ2v) is 3.47. The fourth-order valence-electron chi connectivity index (χ4n) is 0.843. The minimum absolute atomic E-state index is 0.706. The molecule has 0 saturated heterocycles. The van der Waals surface area contributed by atoms with Crippen LogP contribution in [0.25, 0.3) is 0 Å². The van der Waals surface area contributed by atoms with Gasteiger partial charge in [0.1, 0.15) is 0 Å². The molecule has 1 N–H and O–H groups in total. The van der Waals surface area contributed by atoms with Gasteiger partial charge in [-0.15, -0.1) is 11.3 Å². The van der Waals surface area contributed by atoms with E-state index in [9.17, 15) is 4.79 Å². The molecule has 66 valence electrons. The van der Waals surface area contributed by atoms with Crippen LogP contribution in [0.5, 0.6) is 0 Å². The molecule has 1 rings (SSSR count). The van der Waals surface area contributed by atoms with Gasteiger partial charge in [-0.25, -0.2) is 4.79 Å². The third-order valence-electron chi connectivity index (χ3n) is 1.81. The summed E-state index contributed by atoms with van der Waals surface area (Å²) in [5.74, 6) is -0.965. The van der Waals surface area contributed by atoms with Crippen LogP contribution in [-0.4, -0.2) is 18.2 Å². The van der Waals surface area contributed by atoms with E-state index in [1.54, 1.807) is 19.1 Å².